The standard InChI is InChI=1S/C18H20ClN3O7S/c1-11(18(23)20-14-10-13(22(24)25)6-8-16(14)28-2)21(30(4,26)27)15-9-12(19)5-7-17(15)29-3/h5-11H,1-4H3,(H,20,23)/t11-/m0/s1. The van der Waals surface area contributed by atoms with Crippen LogP contribution in [0.3, 0.4) is 0 Å². The van der Waals surface area contributed by atoms with Crippen LogP contribution in [0.25, 0.3) is 0 Å². The van der Waals surface area contributed by atoms with Crippen molar-refractivity contribution >= 4 is 44.6 Å². The van der Waals surface area contributed by atoms with Gasteiger partial charge in [-0.1, -0.05) is 11.6 Å². The topological polar surface area (TPSA) is 128 Å². The van der Waals surface area contributed by atoms with E-state index < -0.39 is 26.9 Å². The van der Waals surface area contributed by atoms with Crippen LogP contribution >= 0.6 is 11.6 Å². The molecule has 2 aromatic carbocycles. The number of halogens is 1. The number of hydrogen-bond donors (Lipinski definition) is 1. The molecule has 1 N–H and O–H groups in total. The third kappa shape index (κ3) is 5.10. The maximum absolute atomic E-state index is 12.9. The van der Waals surface area contributed by atoms with Crippen LogP contribution in [0.1, 0.15) is 6.92 Å². The number of benzene rings is 2. The Hall–Kier alpha value is -3.05. The quantitative estimate of drug-likeness (QED) is 0.476. The Morgan fingerprint density at radius 2 is 1.77 bits per heavy atom. The fourth-order valence-corrected chi connectivity index (χ4v) is 4.10. The summed E-state index contributed by atoms with van der Waals surface area (Å²) in [5, 5.41) is 13.8. The molecule has 0 saturated heterocycles. The minimum absolute atomic E-state index is 0.0232. The van der Waals surface area contributed by atoms with Crippen LogP contribution in [0.2, 0.25) is 5.02 Å². The number of nitro groups is 1. The molecular formula is C18H20ClN3O7S. The van der Waals surface area contributed by atoms with E-state index in [0.29, 0.717) is 0 Å². The average molecular weight is 458 g/mol. The largest absolute Gasteiger partial charge is 0.495 e. The number of hydrogen-bond acceptors (Lipinski definition) is 7. The number of nitrogens with one attached hydrogen (secondary N) is 1. The number of methoxy groups -OCH3 is 2. The van der Waals surface area contributed by atoms with Gasteiger partial charge in [0.15, 0.2) is 0 Å². The summed E-state index contributed by atoms with van der Waals surface area (Å²) in [6, 6.07) is 6.77. The van der Waals surface area contributed by atoms with Crippen molar-refractivity contribution in [3.05, 3.63) is 51.5 Å². The number of sulfonamides is 1. The van der Waals surface area contributed by atoms with Crippen molar-refractivity contribution in [2.24, 2.45) is 0 Å². The Morgan fingerprint density at radius 3 is 2.30 bits per heavy atom. The molecule has 0 aliphatic heterocycles. The molecule has 0 heterocycles. The lowest BCUT2D eigenvalue weighted by Crippen LogP contribution is -2.45. The molecule has 2 rings (SSSR count). The summed E-state index contributed by atoms with van der Waals surface area (Å²) in [6.07, 6.45) is 0.936. The number of non-ortho nitro benzene ring substituents is 1. The molecule has 12 heteroatoms. The van der Waals surface area contributed by atoms with Gasteiger partial charge in [0.05, 0.1) is 36.8 Å². The highest BCUT2D eigenvalue weighted by atomic mass is 35.5. The van der Waals surface area contributed by atoms with Gasteiger partial charge < -0.3 is 14.8 Å². The van der Waals surface area contributed by atoms with Crippen LogP contribution in [0.5, 0.6) is 11.5 Å². The maximum atomic E-state index is 12.9. The molecule has 162 valence electrons. The molecular weight excluding hydrogens is 438 g/mol. The van der Waals surface area contributed by atoms with Crippen molar-refractivity contribution in [3.63, 3.8) is 0 Å². The molecule has 0 bridgehead atoms. The number of nitro benzene ring substituents is 1. The van der Waals surface area contributed by atoms with E-state index in [-0.39, 0.29) is 33.6 Å². The second kappa shape index (κ2) is 9.18. The van der Waals surface area contributed by atoms with Gasteiger partial charge in [-0.15, -0.1) is 0 Å². The van der Waals surface area contributed by atoms with Crippen molar-refractivity contribution < 1.29 is 27.6 Å². The predicted molar refractivity (Wildman–Crippen MR) is 113 cm³/mol. The van der Waals surface area contributed by atoms with Crippen LogP contribution in [0.15, 0.2) is 36.4 Å². The zero-order valence-corrected chi connectivity index (χ0v) is 18.2. The highest BCUT2D eigenvalue weighted by Gasteiger charge is 2.32. The van der Waals surface area contributed by atoms with Gasteiger partial charge in [-0.05, 0) is 31.2 Å². The molecule has 0 radical (unpaired) electrons. The maximum Gasteiger partial charge on any atom is 0.271 e. The van der Waals surface area contributed by atoms with Crippen molar-refractivity contribution in [1.82, 2.24) is 0 Å². The number of carbonyl (C=O) groups excluding carboxylic acids is 1. The monoisotopic (exact) mass is 457 g/mol. The third-order valence-electron chi connectivity index (χ3n) is 4.12. The Labute approximate surface area is 178 Å². The summed E-state index contributed by atoms with van der Waals surface area (Å²) in [6.45, 7) is 1.36. The number of ether oxygens (including phenoxy) is 2. The van der Waals surface area contributed by atoms with E-state index in [1.165, 1.54) is 51.5 Å². The van der Waals surface area contributed by atoms with Crippen molar-refractivity contribution in [2.45, 2.75) is 13.0 Å². The number of amides is 1. The number of nitrogens with zero attached hydrogens (tertiary/aromatic N) is 2. The van der Waals surface area contributed by atoms with Crippen LogP contribution in [-0.2, 0) is 14.8 Å². The second-order valence-corrected chi connectivity index (χ2v) is 8.48. The lowest BCUT2D eigenvalue weighted by atomic mass is 10.2. The van der Waals surface area contributed by atoms with E-state index in [1.807, 2.05) is 0 Å². The van der Waals surface area contributed by atoms with Crippen LogP contribution < -0.4 is 19.1 Å². The Kier molecular flexibility index (Phi) is 7.11. The molecule has 0 fully saturated rings. The molecule has 0 saturated carbocycles. The first kappa shape index (κ1) is 23.2. The SMILES string of the molecule is COc1ccc([N+](=O)[O-])cc1NC(=O)[C@H](C)N(c1cc(Cl)ccc1OC)S(C)(=O)=O. The molecule has 0 spiro atoms. The molecule has 1 amide bonds. The molecule has 0 aromatic heterocycles. The van der Waals surface area contributed by atoms with Crippen LogP contribution in [0.4, 0.5) is 17.1 Å². The van der Waals surface area contributed by atoms with E-state index in [2.05, 4.69) is 5.32 Å². The van der Waals surface area contributed by atoms with Crippen molar-refractivity contribution in [2.75, 3.05) is 30.1 Å². The smallest absolute Gasteiger partial charge is 0.271 e. The second-order valence-electron chi connectivity index (χ2n) is 6.18. The van der Waals surface area contributed by atoms with Gasteiger partial charge in [0.1, 0.15) is 17.5 Å². The fraction of sp³-hybridized carbons (Fsp3) is 0.278. The summed E-state index contributed by atoms with van der Waals surface area (Å²) in [7, 11) is -1.26. The van der Waals surface area contributed by atoms with Gasteiger partial charge in [0, 0.05) is 17.2 Å². The molecule has 0 aliphatic carbocycles. The summed E-state index contributed by atoms with van der Waals surface area (Å²) < 4.78 is 36.2. The minimum atomic E-state index is -3.95. The molecule has 0 aliphatic rings. The van der Waals surface area contributed by atoms with Gasteiger partial charge in [-0.25, -0.2) is 8.42 Å². The molecule has 2 aromatic rings. The molecule has 0 unspecified atom stereocenters. The highest BCUT2D eigenvalue weighted by Crippen LogP contribution is 2.35. The van der Waals surface area contributed by atoms with E-state index >= 15 is 0 Å². The Balaban J connectivity index is 2.47. The predicted octanol–water partition coefficient (Wildman–Crippen LogP) is 3.06. The van der Waals surface area contributed by atoms with E-state index in [0.717, 1.165) is 16.6 Å². The van der Waals surface area contributed by atoms with Gasteiger partial charge in [0.2, 0.25) is 15.9 Å². The van der Waals surface area contributed by atoms with E-state index in [9.17, 15) is 23.3 Å². The van der Waals surface area contributed by atoms with Gasteiger partial charge >= 0.3 is 0 Å². The number of carbonyl (C=O) groups is 1. The average Bonchev–Trinajstić information content (AvgIpc) is 2.67. The van der Waals surface area contributed by atoms with Gasteiger partial charge in [0.25, 0.3) is 5.69 Å². The molecule has 10 nitrogen and oxygen atoms in total. The zero-order chi connectivity index (χ0) is 22.6. The van der Waals surface area contributed by atoms with Crippen molar-refractivity contribution in [3.8, 4) is 11.5 Å². The van der Waals surface area contributed by atoms with Crippen LogP contribution in [-0.4, -0.2) is 45.8 Å². The highest BCUT2D eigenvalue weighted by molar-refractivity contribution is 7.92. The van der Waals surface area contributed by atoms with Gasteiger partial charge in [-0.3, -0.25) is 19.2 Å². The van der Waals surface area contributed by atoms with Gasteiger partial charge in [-0.2, -0.15) is 0 Å². The third-order valence-corrected chi connectivity index (χ3v) is 5.58. The molecule has 1 atom stereocenters. The summed E-state index contributed by atoms with van der Waals surface area (Å²) in [5.74, 6) is -0.383. The zero-order valence-electron chi connectivity index (χ0n) is 16.6. The summed E-state index contributed by atoms with van der Waals surface area (Å²) >= 11 is 6.01. The Bertz CT molecular complexity index is 1080. The van der Waals surface area contributed by atoms with E-state index in [4.69, 9.17) is 21.1 Å². The first-order valence-electron chi connectivity index (χ1n) is 8.45. The first-order valence-corrected chi connectivity index (χ1v) is 10.7. The minimum Gasteiger partial charge on any atom is -0.495 e. The number of anilines is 2. The number of rotatable bonds is 8. The lowest BCUT2D eigenvalue weighted by molar-refractivity contribution is -0.384. The Morgan fingerprint density at radius 1 is 1.17 bits per heavy atom. The first-order chi connectivity index (χ1) is 14.0. The summed E-state index contributed by atoms with van der Waals surface area (Å²) in [4.78, 5) is 23.3. The van der Waals surface area contributed by atoms with E-state index in [1.54, 1.807) is 0 Å². The normalized spacial score (nSPS) is 12.0. The van der Waals surface area contributed by atoms with Crippen LogP contribution in [0, 0.1) is 10.1 Å². The lowest BCUT2D eigenvalue weighted by Gasteiger charge is -2.29. The molecule has 30 heavy (non-hydrogen) atoms. The van der Waals surface area contributed by atoms with Crippen molar-refractivity contribution in [1.29, 1.82) is 0 Å². The fourth-order valence-electron chi connectivity index (χ4n) is 2.76. The summed E-state index contributed by atoms with van der Waals surface area (Å²) in [5.41, 5.74) is -0.175.